The Hall–Kier alpha value is -2.61. The van der Waals surface area contributed by atoms with Gasteiger partial charge in [-0.3, -0.25) is 9.59 Å². The number of rotatable bonds is 8. The number of aliphatic carboxylic acids is 1. The number of benzene rings is 1. The Labute approximate surface area is 114 Å². The molecule has 0 bridgehead atoms. The van der Waals surface area contributed by atoms with Crippen LogP contribution in [0.25, 0.3) is 0 Å². The third-order valence-electron chi connectivity index (χ3n) is 1.96. The lowest BCUT2D eigenvalue weighted by molar-refractivity contribution is -0.143. The van der Waals surface area contributed by atoms with Crippen LogP contribution in [0.1, 0.15) is 0 Å². The van der Waals surface area contributed by atoms with E-state index in [9.17, 15) is 14.4 Å². The summed E-state index contributed by atoms with van der Waals surface area (Å²) in [6.45, 7) is -1.19. The standard InChI is InChI=1S/C12H14N2O6/c13-10(15)5-20-9-3-1-2-8(4-9)14-11(16)6-19-7-12(17)18/h1-4H,5-7H2,(H2,13,15)(H,14,16)(H,17,18). The molecule has 108 valence electrons. The molecule has 0 aliphatic rings. The molecule has 0 heterocycles. The number of carbonyl (C=O) groups is 3. The number of hydrogen-bond acceptors (Lipinski definition) is 5. The second-order valence-corrected chi connectivity index (χ2v) is 3.72. The monoisotopic (exact) mass is 282 g/mol. The summed E-state index contributed by atoms with van der Waals surface area (Å²) in [5.74, 6) is -1.90. The second-order valence-electron chi connectivity index (χ2n) is 3.72. The highest BCUT2D eigenvalue weighted by molar-refractivity contribution is 5.92. The van der Waals surface area contributed by atoms with Crippen molar-refractivity contribution in [2.24, 2.45) is 5.73 Å². The van der Waals surface area contributed by atoms with Crippen molar-refractivity contribution in [1.29, 1.82) is 0 Å². The van der Waals surface area contributed by atoms with Gasteiger partial charge >= 0.3 is 5.97 Å². The molecule has 0 saturated heterocycles. The molecule has 0 aliphatic heterocycles. The maximum atomic E-state index is 11.4. The Bertz CT molecular complexity index is 502. The Balaban J connectivity index is 2.46. The molecule has 0 radical (unpaired) electrons. The van der Waals surface area contributed by atoms with E-state index < -0.39 is 24.4 Å². The average molecular weight is 282 g/mol. The summed E-state index contributed by atoms with van der Waals surface area (Å²) in [5, 5.41) is 10.8. The lowest BCUT2D eigenvalue weighted by Gasteiger charge is -2.08. The van der Waals surface area contributed by atoms with Crippen LogP contribution < -0.4 is 15.8 Å². The number of carbonyl (C=O) groups excluding carboxylic acids is 2. The molecule has 20 heavy (non-hydrogen) atoms. The van der Waals surface area contributed by atoms with E-state index in [1.165, 1.54) is 6.07 Å². The zero-order valence-electron chi connectivity index (χ0n) is 10.5. The topological polar surface area (TPSA) is 128 Å². The maximum Gasteiger partial charge on any atom is 0.329 e. The van der Waals surface area contributed by atoms with Crippen LogP contribution in [-0.2, 0) is 19.1 Å². The smallest absolute Gasteiger partial charge is 0.329 e. The highest BCUT2D eigenvalue weighted by Crippen LogP contribution is 2.17. The molecule has 1 aromatic carbocycles. The lowest BCUT2D eigenvalue weighted by atomic mass is 10.3. The van der Waals surface area contributed by atoms with E-state index in [4.69, 9.17) is 15.6 Å². The zero-order chi connectivity index (χ0) is 15.0. The summed E-state index contributed by atoms with van der Waals surface area (Å²) in [7, 11) is 0. The lowest BCUT2D eigenvalue weighted by Crippen LogP contribution is -2.21. The Morgan fingerprint density at radius 3 is 2.60 bits per heavy atom. The second kappa shape index (κ2) is 7.74. The van der Waals surface area contributed by atoms with E-state index in [1.54, 1.807) is 18.2 Å². The van der Waals surface area contributed by atoms with Gasteiger partial charge in [-0.25, -0.2) is 4.79 Å². The quantitative estimate of drug-likeness (QED) is 0.594. The number of nitrogens with one attached hydrogen (secondary N) is 1. The molecule has 0 fully saturated rings. The third-order valence-corrected chi connectivity index (χ3v) is 1.96. The number of amides is 2. The number of anilines is 1. The summed E-state index contributed by atoms with van der Waals surface area (Å²) < 4.78 is 9.70. The number of hydrogen-bond donors (Lipinski definition) is 3. The van der Waals surface area contributed by atoms with Crippen molar-refractivity contribution < 1.29 is 29.0 Å². The normalized spacial score (nSPS) is 9.80. The molecular formula is C12H14N2O6. The van der Waals surface area contributed by atoms with E-state index in [-0.39, 0.29) is 13.2 Å². The van der Waals surface area contributed by atoms with Crippen LogP contribution >= 0.6 is 0 Å². The molecule has 0 spiro atoms. The van der Waals surface area contributed by atoms with Crippen LogP contribution in [0.4, 0.5) is 5.69 Å². The molecule has 2 amide bonds. The van der Waals surface area contributed by atoms with Crippen LogP contribution in [0.2, 0.25) is 0 Å². The van der Waals surface area contributed by atoms with Gasteiger partial charge in [0, 0.05) is 11.8 Å². The van der Waals surface area contributed by atoms with Gasteiger partial charge in [0.15, 0.2) is 6.61 Å². The van der Waals surface area contributed by atoms with Crippen molar-refractivity contribution >= 4 is 23.5 Å². The Kier molecular flexibility index (Phi) is 5.98. The van der Waals surface area contributed by atoms with Crippen LogP contribution in [0.15, 0.2) is 24.3 Å². The van der Waals surface area contributed by atoms with Crippen molar-refractivity contribution in [3.8, 4) is 5.75 Å². The van der Waals surface area contributed by atoms with Crippen molar-refractivity contribution in [1.82, 2.24) is 0 Å². The van der Waals surface area contributed by atoms with E-state index in [0.29, 0.717) is 11.4 Å². The summed E-state index contributed by atoms with van der Waals surface area (Å²) >= 11 is 0. The first kappa shape index (κ1) is 15.4. The van der Waals surface area contributed by atoms with Gasteiger partial charge in [-0.15, -0.1) is 0 Å². The molecule has 0 unspecified atom stereocenters. The summed E-state index contributed by atoms with van der Waals surface area (Å²) in [6, 6.07) is 6.31. The van der Waals surface area contributed by atoms with Gasteiger partial charge in [0.1, 0.15) is 19.0 Å². The molecule has 8 nitrogen and oxygen atoms in total. The first-order valence-corrected chi connectivity index (χ1v) is 5.58. The zero-order valence-corrected chi connectivity index (χ0v) is 10.5. The van der Waals surface area contributed by atoms with Crippen molar-refractivity contribution in [2.45, 2.75) is 0 Å². The number of primary amides is 1. The summed E-state index contributed by atoms with van der Waals surface area (Å²) in [6.07, 6.45) is 0. The summed E-state index contributed by atoms with van der Waals surface area (Å²) in [5.41, 5.74) is 5.37. The van der Waals surface area contributed by atoms with Gasteiger partial charge in [-0.1, -0.05) is 6.07 Å². The molecular weight excluding hydrogens is 268 g/mol. The minimum Gasteiger partial charge on any atom is -0.484 e. The number of nitrogens with two attached hydrogens (primary N) is 1. The van der Waals surface area contributed by atoms with Gasteiger partial charge in [-0.2, -0.15) is 0 Å². The van der Waals surface area contributed by atoms with Gasteiger partial charge in [0.2, 0.25) is 5.91 Å². The average Bonchev–Trinajstić information content (AvgIpc) is 2.36. The first-order chi connectivity index (χ1) is 9.47. The van der Waals surface area contributed by atoms with Crippen LogP contribution in [0, 0.1) is 0 Å². The Morgan fingerprint density at radius 2 is 1.95 bits per heavy atom. The molecule has 0 aromatic heterocycles. The predicted octanol–water partition coefficient (Wildman–Crippen LogP) is -0.410. The molecule has 8 heteroatoms. The van der Waals surface area contributed by atoms with Crippen molar-refractivity contribution in [2.75, 3.05) is 25.1 Å². The number of carboxylic acids is 1. The molecule has 1 aromatic rings. The van der Waals surface area contributed by atoms with Crippen molar-refractivity contribution in [3.63, 3.8) is 0 Å². The van der Waals surface area contributed by atoms with E-state index in [0.717, 1.165) is 0 Å². The number of ether oxygens (including phenoxy) is 2. The molecule has 0 atom stereocenters. The molecule has 1 rings (SSSR count). The van der Waals surface area contributed by atoms with Gasteiger partial charge in [0.25, 0.3) is 5.91 Å². The van der Waals surface area contributed by atoms with Crippen LogP contribution in [0.3, 0.4) is 0 Å². The number of carboxylic acid groups (broad SMARTS) is 1. The fraction of sp³-hybridized carbons (Fsp3) is 0.250. The van der Waals surface area contributed by atoms with Crippen molar-refractivity contribution in [3.05, 3.63) is 24.3 Å². The van der Waals surface area contributed by atoms with Crippen LogP contribution in [-0.4, -0.2) is 42.7 Å². The molecule has 0 aliphatic carbocycles. The largest absolute Gasteiger partial charge is 0.484 e. The first-order valence-electron chi connectivity index (χ1n) is 5.58. The molecule has 4 N–H and O–H groups in total. The SMILES string of the molecule is NC(=O)COc1cccc(NC(=O)COCC(=O)O)c1. The fourth-order valence-electron chi connectivity index (χ4n) is 1.25. The highest BCUT2D eigenvalue weighted by atomic mass is 16.5. The highest BCUT2D eigenvalue weighted by Gasteiger charge is 2.05. The predicted molar refractivity (Wildman–Crippen MR) is 68.2 cm³/mol. The van der Waals surface area contributed by atoms with Gasteiger partial charge in [0.05, 0.1) is 0 Å². The van der Waals surface area contributed by atoms with Gasteiger partial charge in [-0.05, 0) is 12.1 Å². The Morgan fingerprint density at radius 1 is 1.20 bits per heavy atom. The summed E-state index contributed by atoms with van der Waals surface area (Å²) in [4.78, 5) is 32.2. The van der Waals surface area contributed by atoms with E-state index >= 15 is 0 Å². The minimum atomic E-state index is -1.15. The van der Waals surface area contributed by atoms with Crippen LogP contribution in [0.5, 0.6) is 5.75 Å². The third kappa shape index (κ3) is 6.36. The molecule has 0 saturated carbocycles. The fourth-order valence-corrected chi connectivity index (χ4v) is 1.25. The maximum absolute atomic E-state index is 11.4. The minimum absolute atomic E-state index is 0.265. The van der Waals surface area contributed by atoms with E-state index in [2.05, 4.69) is 10.1 Å². The van der Waals surface area contributed by atoms with E-state index in [1.807, 2.05) is 0 Å². The van der Waals surface area contributed by atoms with Gasteiger partial charge < -0.3 is 25.6 Å².